The number of rotatable bonds is 5. The first kappa shape index (κ1) is 15.1. The lowest BCUT2D eigenvalue weighted by atomic mass is 10.1. The molecule has 1 aliphatic rings. The van der Waals surface area contributed by atoms with E-state index in [2.05, 4.69) is 35.1 Å². The summed E-state index contributed by atoms with van der Waals surface area (Å²) >= 11 is 0. The number of carbonyl (C=O) groups excluding carboxylic acids is 1. The van der Waals surface area contributed by atoms with Crippen LogP contribution in [0.25, 0.3) is 10.9 Å². The fourth-order valence-corrected chi connectivity index (χ4v) is 3.46. The standard InChI is InChI=1S/C18H24N2O2/c1-2-20-12-14(15-7-3-4-8-16(15)20)10-18(22)19-11-13-6-5-9-17(13)21/h3-4,7-8,12-13,17,21H,2,5-6,9-11H2,1H3,(H,19,22). The van der Waals surface area contributed by atoms with E-state index in [-0.39, 0.29) is 17.9 Å². The van der Waals surface area contributed by atoms with E-state index in [9.17, 15) is 9.90 Å². The quantitative estimate of drug-likeness (QED) is 0.891. The molecule has 2 aromatic rings. The number of para-hydroxylation sites is 1. The van der Waals surface area contributed by atoms with Crippen LogP contribution in [0.15, 0.2) is 30.5 Å². The summed E-state index contributed by atoms with van der Waals surface area (Å²) < 4.78 is 2.18. The summed E-state index contributed by atoms with van der Waals surface area (Å²) in [6.45, 7) is 3.60. The Morgan fingerprint density at radius 2 is 2.18 bits per heavy atom. The van der Waals surface area contributed by atoms with Gasteiger partial charge >= 0.3 is 0 Å². The molecule has 0 spiro atoms. The molecule has 1 aliphatic carbocycles. The van der Waals surface area contributed by atoms with Crippen molar-refractivity contribution in [3.8, 4) is 0 Å². The maximum atomic E-state index is 12.2. The van der Waals surface area contributed by atoms with E-state index in [0.29, 0.717) is 13.0 Å². The number of amides is 1. The molecule has 1 heterocycles. The highest BCUT2D eigenvalue weighted by molar-refractivity contribution is 5.89. The SMILES string of the molecule is CCn1cc(CC(=O)NCC2CCCC2O)c2ccccc21. The third kappa shape index (κ3) is 3.02. The van der Waals surface area contributed by atoms with Gasteiger partial charge < -0.3 is 15.0 Å². The molecule has 1 fully saturated rings. The van der Waals surface area contributed by atoms with Crippen LogP contribution < -0.4 is 5.32 Å². The number of benzene rings is 1. The second-order valence-corrected chi connectivity index (χ2v) is 6.20. The first-order chi connectivity index (χ1) is 10.7. The van der Waals surface area contributed by atoms with Crippen molar-refractivity contribution in [3.05, 3.63) is 36.0 Å². The normalized spacial score (nSPS) is 21.4. The van der Waals surface area contributed by atoms with Gasteiger partial charge in [-0.1, -0.05) is 24.6 Å². The maximum absolute atomic E-state index is 12.2. The molecule has 0 bridgehead atoms. The van der Waals surface area contributed by atoms with Crippen LogP contribution in [0.1, 0.15) is 31.7 Å². The van der Waals surface area contributed by atoms with E-state index in [1.807, 2.05) is 12.1 Å². The van der Waals surface area contributed by atoms with Crippen LogP contribution in [0.3, 0.4) is 0 Å². The average molecular weight is 300 g/mol. The fraction of sp³-hybridized carbons (Fsp3) is 0.500. The summed E-state index contributed by atoms with van der Waals surface area (Å²) in [5, 5.41) is 14.0. The third-order valence-electron chi connectivity index (χ3n) is 4.74. The van der Waals surface area contributed by atoms with Crippen molar-refractivity contribution in [1.29, 1.82) is 0 Å². The van der Waals surface area contributed by atoms with E-state index in [0.717, 1.165) is 36.8 Å². The van der Waals surface area contributed by atoms with Crippen LogP contribution in [0.5, 0.6) is 0 Å². The Hall–Kier alpha value is -1.81. The van der Waals surface area contributed by atoms with E-state index >= 15 is 0 Å². The van der Waals surface area contributed by atoms with E-state index < -0.39 is 0 Å². The summed E-state index contributed by atoms with van der Waals surface area (Å²) in [6.07, 6.45) is 5.17. The van der Waals surface area contributed by atoms with Crippen molar-refractivity contribution in [2.75, 3.05) is 6.54 Å². The molecule has 0 radical (unpaired) electrons. The average Bonchev–Trinajstić information content (AvgIpc) is 3.09. The monoisotopic (exact) mass is 300 g/mol. The number of aliphatic hydroxyl groups excluding tert-OH is 1. The number of hydrogen-bond donors (Lipinski definition) is 2. The van der Waals surface area contributed by atoms with Gasteiger partial charge in [0.25, 0.3) is 0 Å². The summed E-state index contributed by atoms with van der Waals surface area (Å²) in [7, 11) is 0. The smallest absolute Gasteiger partial charge is 0.224 e. The molecule has 1 aromatic heterocycles. The molecule has 4 heteroatoms. The molecule has 22 heavy (non-hydrogen) atoms. The zero-order valence-electron chi connectivity index (χ0n) is 13.1. The second-order valence-electron chi connectivity index (χ2n) is 6.20. The van der Waals surface area contributed by atoms with Crippen molar-refractivity contribution in [2.24, 2.45) is 5.92 Å². The van der Waals surface area contributed by atoms with Crippen molar-refractivity contribution >= 4 is 16.8 Å². The Morgan fingerprint density at radius 3 is 2.91 bits per heavy atom. The van der Waals surface area contributed by atoms with Gasteiger partial charge in [-0.15, -0.1) is 0 Å². The zero-order valence-corrected chi connectivity index (χ0v) is 13.1. The lowest BCUT2D eigenvalue weighted by Gasteiger charge is -2.14. The van der Waals surface area contributed by atoms with Crippen LogP contribution in [0.2, 0.25) is 0 Å². The van der Waals surface area contributed by atoms with Gasteiger partial charge in [0.2, 0.25) is 5.91 Å². The Balaban J connectivity index is 1.66. The largest absolute Gasteiger partial charge is 0.393 e. The maximum Gasteiger partial charge on any atom is 0.224 e. The van der Waals surface area contributed by atoms with Crippen molar-refractivity contribution < 1.29 is 9.90 Å². The van der Waals surface area contributed by atoms with Gasteiger partial charge in [-0.25, -0.2) is 0 Å². The number of carbonyl (C=O) groups is 1. The molecule has 1 aromatic carbocycles. The molecule has 1 amide bonds. The van der Waals surface area contributed by atoms with Crippen molar-refractivity contribution in [1.82, 2.24) is 9.88 Å². The minimum absolute atomic E-state index is 0.0399. The number of aliphatic hydroxyl groups is 1. The van der Waals surface area contributed by atoms with Crippen LogP contribution >= 0.6 is 0 Å². The Labute approximate surface area is 131 Å². The molecule has 0 aliphatic heterocycles. The summed E-state index contributed by atoms with van der Waals surface area (Å²) in [5.41, 5.74) is 2.25. The van der Waals surface area contributed by atoms with Crippen LogP contribution in [0, 0.1) is 5.92 Å². The summed E-state index contributed by atoms with van der Waals surface area (Å²) in [4.78, 5) is 12.2. The topological polar surface area (TPSA) is 54.3 Å². The van der Waals surface area contributed by atoms with Gasteiger partial charge in [-0.05, 0) is 31.4 Å². The molecular weight excluding hydrogens is 276 g/mol. The molecule has 0 saturated heterocycles. The van der Waals surface area contributed by atoms with Gasteiger partial charge in [-0.2, -0.15) is 0 Å². The number of fused-ring (bicyclic) bond motifs is 1. The highest BCUT2D eigenvalue weighted by atomic mass is 16.3. The molecule has 2 N–H and O–H groups in total. The fourth-order valence-electron chi connectivity index (χ4n) is 3.46. The van der Waals surface area contributed by atoms with Crippen molar-refractivity contribution in [2.45, 2.75) is 45.3 Å². The first-order valence-electron chi connectivity index (χ1n) is 8.20. The number of nitrogens with zero attached hydrogens (tertiary/aromatic N) is 1. The van der Waals surface area contributed by atoms with E-state index in [1.165, 1.54) is 5.52 Å². The van der Waals surface area contributed by atoms with Crippen LogP contribution in [0.4, 0.5) is 0 Å². The molecule has 2 unspecified atom stereocenters. The Bertz CT molecular complexity index is 662. The molecule has 4 nitrogen and oxygen atoms in total. The number of aromatic nitrogens is 1. The van der Waals surface area contributed by atoms with Crippen LogP contribution in [-0.4, -0.2) is 28.2 Å². The third-order valence-corrected chi connectivity index (χ3v) is 4.74. The lowest BCUT2D eigenvalue weighted by Crippen LogP contribution is -2.33. The van der Waals surface area contributed by atoms with Crippen LogP contribution in [-0.2, 0) is 17.8 Å². The van der Waals surface area contributed by atoms with Gasteiger partial charge in [-0.3, -0.25) is 4.79 Å². The predicted octanol–water partition coefficient (Wildman–Crippen LogP) is 2.48. The molecule has 2 atom stereocenters. The van der Waals surface area contributed by atoms with Gasteiger partial charge in [0, 0.05) is 36.1 Å². The number of nitrogens with one attached hydrogen (secondary N) is 1. The number of hydrogen-bond acceptors (Lipinski definition) is 2. The van der Waals surface area contributed by atoms with E-state index in [4.69, 9.17) is 0 Å². The summed E-state index contributed by atoms with van der Waals surface area (Å²) in [5.74, 6) is 0.263. The van der Waals surface area contributed by atoms with Gasteiger partial charge in [0.1, 0.15) is 0 Å². The van der Waals surface area contributed by atoms with Gasteiger partial charge in [0.15, 0.2) is 0 Å². The van der Waals surface area contributed by atoms with E-state index in [1.54, 1.807) is 0 Å². The predicted molar refractivity (Wildman–Crippen MR) is 87.7 cm³/mol. The second kappa shape index (κ2) is 6.53. The lowest BCUT2D eigenvalue weighted by molar-refractivity contribution is -0.120. The molecule has 118 valence electrons. The minimum atomic E-state index is -0.248. The highest BCUT2D eigenvalue weighted by Crippen LogP contribution is 2.25. The first-order valence-corrected chi connectivity index (χ1v) is 8.20. The molecule has 1 saturated carbocycles. The Morgan fingerprint density at radius 1 is 1.36 bits per heavy atom. The molecular formula is C18H24N2O2. The molecule has 3 rings (SSSR count). The van der Waals surface area contributed by atoms with Crippen molar-refractivity contribution in [3.63, 3.8) is 0 Å². The number of aryl methyl sites for hydroxylation is 1. The highest BCUT2D eigenvalue weighted by Gasteiger charge is 2.25. The zero-order chi connectivity index (χ0) is 15.5. The van der Waals surface area contributed by atoms with Gasteiger partial charge in [0.05, 0.1) is 12.5 Å². The minimum Gasteiger partial charge on any atom is -0.393 e. The summed E-state index contributed by atoms with van der Waals surface area (Å²) in [6, 6.07) is 8.21. The Kier molecular flexibility index (Phi) is 4.48.